The number of rotatable bonds is 4. The number of carbonyl (C=O) groups is 1. The van der Waals surface area contributed by atoms with Crippen molar-refractivity contribution in [3.63, 3.8) is 0 Å². The summed E-state index contributed by atoms with van der Waals surface area (Å²) in [6.45, 7) is 1.61. The van der Waals surface area contributed by atoms with Gasteiger partial charge in [0, 0.05) is 6.26 Å². The van der Waals surface area contributed by atoms with E-state index in [0.717, 1.165) is 5.56 Å². The van der Waals surface area contributed by atoms with Crippen LogP contribution in [-0.4, -0.2) is 31.0 Å². The molecule has 0 aliphatic heterocycles. The van der Waals surface area contributed by atoms with E-state index in [4.69, 9.17) is 5.11 Å². The van der Waals surface area contributed by atoms with Gasteiger partial charge in [0.2, 0.25) is 0 Å². The molecule has 1 unspecified atom stereocenters. The van der Waals surface area contributed by atoms with E-state index in [2.05, 4.69) is 0 Å². The Morgan fingerprint density at radius 2 is 2.06 bits per heavy atom. The molecular weight excluding hydrogens is 228 g/mol. The highest BCUT2D eigenvalue weighted by Crippen LogP contribution is 2.11. The maximum atomic E-state index is 11.2. The Bertz CT molecular complexity index is 490. The van der Waals surface area contributed by atoms with E-state index < -0.39 is 21.1 Å². The minimum Gasteiger partial charge on any atom is -0.478 e. The van der Waals surface area contributed by atoms with Crippen molar-refractivity contribution in [2.24, 2.45) is 0 Å². The van der Waals surface area contributed by atoms with Crippen LogP contribution in [0, 0.1) is 0 Å². The molecule has 0 saturated carbocycles. The lowest BCUT2D eigenvalue weighted by molar-refractivity contribution is 0.0696. The third-order valence-electron chi connectivity index (χ3n) is 2.43. The van der Waals surface area contributed by atoms with Gasteiger partial charge in [-0.1, -0.05) is 12.1 Å². The molecule has 16 heavy (non-hydrogen) atoms. The quantitative estimate of drug-likeness (QED) is 0.865. The van der Waals surface area contributed by atoms with Gasteiger partial charge in [-0.3, -0.25) is 0 Å². The Morgan fingerprint density at radius 3 is 2.56 bits per heavy atom. The second kappa shape index (κ2) is 4.65. The summed E-state index contributed by atoms with van der Waals surface area (Å²) in [5, 5.41) is 8.28. The van der Waals surface area contributed by atoms with Crippen LogP contribution >= 0.6 is 0 Å². The molecule has 1 atom stereocenters. The lowest BCUT2D eigenvalue weighted by atomic mass is 10.1. The third kappa shape index (κ3) is 3.34. The van der Waals surface area contributed by atoms with Crippen molar-refractivity contribution in [3.8, 4) is 0 Å². The SMILES string of the molecule is CC(Cc1cccc(C(=O)O)c1)S(C)(=O)=O. The molecule has 1 N–H and O–H groups in total. The van der Waals surface area contributed by atoms with Crippen LogP contribution in [0.15, 0.2) is 24.3 Å². The standard InChI is InChI=1S/C11H14O4S/c1-8(16(2,14)15)6-9-4-3-5-10(7-9)11(12)13/h3-5,7-8H,6H2,1-2H3,(H,12,13). The molecule has 0 aromatic heterocycles. The first-order chi connectivity index (χ1) is 7.30. The summed E-state index contributed by atoms with van der Waals surface area (Å²) < 4.78 is 22.5. The van der Waals surface area contributed by atoms with Gasteiger partial charge in [-0.05, 0) is 31.0 Å². The molecule has 1 rings (SSSR count). The van der Waals surface area contributed by atoms with Crippen molar-refractivity contribution < 1.29 is 18.3 Å². The van der Waals surface area contributed by atoms with Crippen LogP contribution in [0.3, 0.4) is 0 Å². The maximum Gasteiger partial charge on any atom is 0.335 e. The van der Waals surface area contributed by atoms with Crippen molar-refractivity contribution in [3.05, 3.63) is 35.4 Å². The van der Waals surface area contributed by atoms with Gasteiger partial charge in [-0.25, -0.2) is 13.2 Å². The molecular formula is C11H14O4S. The van der Waals surface area contributed by atoms with Crippen LogP contribution in [0.5, 0.6) is 0 Å². The first kappa shape index (κ1) is 12.7. The number of sulfone groups is 1. The highest BCUT2D eigenvalue weighted by atomic mass is 32.2. The van der Waals surface area contributed by atoms with Gasteiger partial charge < -0.3 is 5.11 Å². The number of aromatic carboxylic acids is 1. The molecule has 4 nitrogen and oxygen atoms in total. The van der Waals surface area contributed by atoms with Crippen LogP contribution in [0.2, 0.25) is 0 Å². The molecule has 0 amide bonds. The number of carboxylic acids is 1. The fourth-order valence-corrected chi connectivity index (χ4v) is 1.81. The molecule has 1 aromatic rings. The van der Waals surface area contributed by atoms with Crippen molar-refractivity contribution in [1.29, 1.82) is 0 Å². The predicted molar refractivity (Wildman–Crippen MR) is 61.4 cm³/mol. The summed E-state index contributed by atoms with van der Waals surface area (Å²) in [4.78, 5) is 10.7. The molecule has 1 aromatic carbocycles. The first-order valence-corrected chi connectivity index (χ1v) is 6.77. The van der Waals surface area contributed by atoms with Crippen LogP contribution in [0.1, 0.15) is 22.8 Å². The van der Waals surface area contributed by atoms with Gasteiger partial charge in [-0.15, -0.1) is 0 Å². The second-order valence-electron chi connectivity index (χ2n) is 3.85. The lowest BCUT2D eigenvalue weighted by Crippen LogP contribution is -2.18. The predicted octanol–water partition coefficient (Wildman–Crippen LogP) is 1.36. The van der Waals surface area contributed by atoms with E-state index in [-0.39, 0.29) is 5.56 Å². The summed E-state index contributed by atoms with van der Waals surface area (Å²) in [5.74, 6) is -1.01. The summed E-state index contributed by atoms with van der Waals surface area (Å²) in [6.07, 6.45) is 1.51. The Hall–Kier alpha value is -1.36. The maximum absolute atomic E-state index is 11.2. The van der Waals surface area contributed by atoms with E-state index >= 15 is 0 Å². The molecule has 0 heterocycles. The van der Waals surface area contributed by atoms with Crippen molar-refractivity contribution >= 4 is 15.8 Å². The van der Waals surface area contributed by atoms with E-state index in [0.29, 0.717) is 6.42 Å². The molecule has 0 saturated heterocycles. The first-order valence-electron chi connectivity index (χ1n) is 4.82. The molecule has 5 heteroatoms. The second-order valence-corrected chi connectivity index (χ2v) is 6.31. The van der Waals surface area contributed by atoms with Gasteiger partial charge in [0.05, 0.1) is 10.8 Å². The summed E-state index contributed by atoms with van der Waals surface area (Å²) in [6, 6.07) is 6.34. The molecule has 0 bridgehead atoms. The highest BCUT2D eigenvalue weighted by Gasteiger charge is 2.15. The normalized spacial score (nSPS) is 13.4. The summed E-state index contributed by atoms with van der Waals surface area (Å²) in [5.41, 5.74) is 0.899. The number of carboxylic acid groups (broad SMARTS) is 1. The van der Waals surface area contributed by atoms with E-state index in [1.54, 1.807) is 19.1 Å². The summed E-state index contributed by atoms with van der Waals surface area (Å²) >= 11 is 0. The van der Waals surface area contributed by atoms with Gasteiger partial charge >= 0.3 is 5.97 Å². The number of benzene rings is 1. The Morgan fingerprint density at radius 1 is 1.44 bits per heavy atom. The zero-order valence-corrected chi connectivity index (χ0v) is 9.99. The topological polar surface area (TPSA) is 71.4 Å². The Kier molecular flexibility index (Phi) is 3.70. The van der Waals surface area contributed by atoms with Gasteiger partial charge in [-0.2, -0.15) is 0 Å². The number of hydrogen-bond donors (Lipinski definition) is 1. The Balaban J connectivity index is 2.90. The van der Waals surface area contributed by atoms with Gasteiger partial charge in [0.15, 0.2) is 0 Å². The lowest BCUT2D eigenvalue weighted by Gasteiger charge is -2.09. The van der Waals surface area contributed by atoms with E-state index in [9.17, 15) is 13.2 Å². The zero-order chi connectivity index (χ0) is 12.3. The van der Waals surface area contributed by atoms with Crippen molar-refractivity contribution in [1.82, 2.24) is 0 Å². The molecule has 0 aliphatic carbocycles. The average Bonchev–Trinajstić information content (AvgIpc) is 2.16. The molecule has 88 valence electrons. The largest absolute Gasteiger partial charge is 0.478 e. The van der Waals surface area contributed by atoms with E-state index in [1.165, 1.54) is 18.4 Å². The van der Waals surface area contributed by atoms with E-state index in [1.807, 2.05) is 0 Å². The van der Waals surface area contributed by atoms with Crippen molar-refractivity contribution in [2.45, 2.75) is 18.6 Å². The smallest absolute Gasteiger partial charge is 0.335 e. The molecule has 0 aliphatic rings. The Labute approximate surface area is 94.8 Å². The molecule has 0 radical (unpaired) electrons. The fourth-order valence-electron chi connectivity index (χ4n) is 1.31. The minimum absolute atomic E-state index is 0.179. The summed E-state index contributed by atoms with van der Waals surface area (Å²) in [7, 11) is -3.08. The van der Waals surface area contributed by atoms with Crippen LogP contribution in [0.4, 0.5) is 0 Å². The minimum atomic E-state index is -3.08. The van der Waals surface area contributed by atoms with Crippen molar-refractivity contribution in [2.75, 3.05) is 6.26 Å². The van der Waals surface area contributed by atoms with Crippen LogP contribution < -0.4 is 0 Å². The van der Waals surface area contributed by atoms with Crippen LogP contribution in [0.25, 0.3) is 0 Å². The molecule has 0 spiro atoms. The van der Waals surface area contributed by atoms with Gasteiger partial charge in [0.1, 0.15) is 9.84 Å². The van der Waals surface area contributed by atoms with Gasteiger partial charge in [0.25, 0.3) is 0 Å². The zero-order valence-electron chi connectivity index (χ0n) is 9.17. The number of hydrogen-bond acceptors (Lipinski definition) is 3. The molecule has 0 fully saturated rings. The third-order valence-corrected chi connectivity index (χ3v) is 4.06. The fraction of sp³-hybridized carbons (Fsp3) is 0.364. The highest BCUT2D eigenvalue weighted by molar-refractivity contribution is 7.91. The monoisotopic (exact) mass is 242 g/mol. The van der Waals surface area contributed by atoms with Crippen LogP contribution in [-0.2, 0) is 16.3 Å². The average molecular weight is 242 g/mol.